The average molecular weight is 291 g/mol. The molecule has 0 aromatic heterocycles. The second-order valence-corrected chi connectivity index (χ2v) is 5.06. The maximum atomic E-state index is 13.9. The lowest BCUT2D eigenvalue weighted by molar-refractivity contribution is 0.289. The lowest BCUT2D eigenvalue weighted by Crippen LogP contribution is -2.21. The van der Waals surface area contributed by atoms with Gasteiger partial charge >= 0.3 is 0 Å². The van der Waals surface area contributed by atoms with E-state index in [9.17, 15) is 8.78 Å². The van der Waals surface area contributed by atoms with E-state index >= 15 is 0 Å². The van der Waals surface area contributed by atoms with Gasteiger partial charge in [-0.05, 0) is 48.2 Å². The van der Waals surface area contributed by atoms with Crippen LogP contribution in [0, 0.1) is 11.6 Å². The molecule has 0 aliphatic heterocycles. The van der Waals surface area contributed by atoms with Crippen LogP contribution in [-0.4, -0.2) is 6.04 Å². The fourth-order valence-electron chi connectivity index (χ4n) is 2.02. The molecule has 0 saturated heterocycles. The van der Waals surface area contributed by atoms with Crippen LogP contribution in [0.5, 0.6) is 5.75 Å². The summed E-state index contributed by atoms with van der Waals surface area (Å²) in [6.45, 7) is 2.12. The normalized spacial score (nSPS) is 12.2. The summed E-state index contributed by atoms with van der Waals surface area (Å²) in [7, 11) is 0. The second-order valence-electron chi connectivity index (χ2n) is 5.06. The molecule has 0 aliphatic rings. The summed E-state index contributed by atoms with van der Waals surface area (Å²) in [6.07, 6.45) is 1.48. The molecule has 2 nitrogen and oxygen atoms in total. The summed E-state index contributed by atoms with van der Waals surface area (Å²) in [5, 5.41) is 0. The van der Waals surface area contributed by atoms with Gasteiger partial charge < -0.3 is 10.5 Å². The Bertz CT molecular complexity index is 601. The van der Waals surface area contributed by atoms with E-state index in [-0.39, 0.29) is 24.2 Å². The van der Waals surface area contributed by atoms with E-state index < -0.39 is 5.82 Å². The van der Waals surface area contributed by atoms with Crippen LogP contribution in [0.1, 0.15) is 24.5 Å². The Morgan fingerprint density at radius 1 is 1.10 bits per heavy atom. The summed E-state index contributed by atoms with van der Waals surface area (Å²) >= 11 is 0. The minimum atomic E-state index is -0.424. The third kappa shape index (κ3) is 4.53. The summed E-state index contributed by atoms with van der Waals surface area (Å²) in [4.78, 5) is 0. The quantitative estimate of drug-likeness (QED) is 0.878. The third-order valence-electron chi connectivity index (χ3n) is 3.30. The van der Waals surface area contributed by atoms with E-state index in [4.69, 9.17) is 10.5 Å². The van der Waals surface area contributed by atoms with Gasteiger partial charge in [0.15, 0.2) is 11.6 Å². The van der Waals surface area contributed by atoms with Crippen molar-refractivity contribution < 1.29 is 13.5 Å². The zero-order valence-electron chi connectivity index (χ0n) is 12.0. The van der Waals surface area contributed by atoms with Gasteiger partial charge in [-0.2, -0.15) is 0 Å². The first-order valence-electron chi connectivity index (χ1n) is 6.99. The standard InChI is InChI=1S/C17H19F2NO/c1-2-15(20)9-12-6-7-17(16(19)10-12)21-11-13-4-3-5-14(18)8-13/h3-8,10,15H,2,9,11,20H2,1H3. The fraction of sp³-hybridized carbons (Fsp3) is 0.294. The number of benzene rings is 2. The van der Waals surface area contributed by atoms with Gasteiger partial charge in [0.25, 0.3) is 0 Å². The molecule has 1 atom stereocenters. The van der Waals surface area contributed by atoms with Crippen molar-refractivity contribution >= 4 is 0 Å². The molecule has 112 valence electrons. The van der Waals surface area contributed by atoms with Gasteiger partial charge in [-0.1, -0.05) is 25.1 Å². The molecule has 0 aliphatic carbocycles. The largest absolute Gasteiger partial charge is 0.486 e. The topological polar surface area (TPSA) is 35.2 Å². The van der Waals surface area contributed by atoms with Crippen LogP contribution < -0.4 is 10.5 Å². The molecule has 0 bridgehead atoms. The predicted octanol–water partition coefficient (Wildman–Crippen LogP) is 3.82. The van der Waals surface area contributed by atoms with Gasteiger partial charge in [-0.25, -0.2) is 8.78 Å². The van der Waals surface area contributed by atoms with Gasteiger partial charge in [0.2, 0.25) is 0 Å². The number of rotatable bonds is 6. The zero-order chi connectivity index (χ0) is 15.2. The first-order valence-corrected chi connectivity index (χ1v) is 6.99. The van der Waals surface area contributed by atoms with Crippen LogP contribution in [0.4, 0.5) is 8.78 Å². The van der Waals surface area contributed by atoms with Gasteiger partial charge in [-0.15, -0.1) is 0 Å². The highest BCUT2D eigenvalue weighted by molar-refractivity contribution is 5.30. The fourth-order valence-corrected chi connectivity index (χ4v) is 2.02. The van der Waals surface area contributed by atoms with E-state index in [1.54, 1.807) is 24.3 Å². The Labute approximate surface area is 123 Å². The van der Waals surface area contributed by atoms with Crippen molar-refractivity contribution in [1.29, 1.82) is 0 Å². The summed E-state index contributed by atoms with van der Waals surface area (Å²) in [5.41, 5.74) is 7.36. The lowest BCUT2D eigenvalue weighted by Gasteiger charge is -2.11. The minimum Gasteiger partial charge on any atom is -0.486 e. The Morgan fingerprint density at radius 3 is 2.57 bits per heavy atom. The summed E-state index contributed by atoms with van der Waals surface area (Å²) in [6, 6.07) is 10.9. The molecule has 2 aromatic rings. The molecule has 4 heteroatoms. The van der Waals surface area contributed by atoms with Crippen molar-refractivity contribution in [3.8, 4) is 5.75 Å². The Balaban J connectivity index is 2.01. The zero-order valence-corrected chi connectivity index (χ0v) is 12.0. The number of hydrogen-bond acceptors (Lipinski definition) is 2. The third-order valence-corrected chi connectivity index (χ3v) is 3.30. The Morgan fingerprint density at radius 2 is 1.90 bits per heavy atom. The molecule has 0 fully saturated rings. The Hall–Kier alpha value is -1.94. The van der Waals surface area contributed by atoms with Crippen LogP contribution >= 0.6 is 0 Å². The van der Waals surface area contributed by atoms with E-state index in [0.29, 0.717) is 12.0 Å². The van der Waals surface area contributed by atoms with Crippen molar-refractivity contribution in [1.82, 2.24) is 0 Å². The van der Waals surface area contributed by atoms with Crippen molar-refractivity contribution in [3.63, 3.8) is 0 Å². The highest BCUT2D eigenvalue weighted by atomic mass is 19.1. The SMILES string of the molecule is CCC(N)Cc1ccc(OCc2cccc(F)c2)c(F)c1. The number of nitrogens with two attached hydrogens (primary N) is 1. The molecule has 0 spiro atoms. The Kier molecular flexibility index (Phi) is 5.28. The molecule has 21 heavy (non-hydrogen) atoms. The number of halogens is 2. The first-order chi connectivity index (χ1) is 10.1. The monoisotopic (exact) mass is 291 g/mol. The van der Waals surface area contributed by atoms with E-state index in [0.717, 1.165) is 12.0 Å². The van der Waals surface area contributed by atoms with Gasteiger partial charge in [0, 0.05) is 6.04 Å². The van der Waals surface area contributed by atoms with Gasteiger partial charge in [0.1, 0.15) is 12.4 Å². The summed E-state index contributed by atoms with van der Waals surface area (Å²) < 4.78 is 32.4. The van der Waals surface area contributed by atoms with Crippen LogP contribution in [0.3, 0.4) is 0 Å². The lowest BCUT2D eigenvalue weighted by atomic mass is 10.0. The molecule has 2 aromatic carbocycles. The van der Waals surface area contributed by atoms with E-state index in [1.807, 2.05) is 6.92 Å². The average Bonchev–Trinajstić information content (AvgIpc) is 2.46. The molecule has 0 radical (unpaired) electrons. The van der Waals surface area contributed by atoms with Crippen LogP contribution in [0.25, 0.3) is 0 Å². The molecule has 0 heterocycles. The first kappa shape index (κ1) is 15.4. The molecule has 2 rings (SSSR count). The van der Waals surface area contributed by atoms with Crippen molar-refractivity contribution in [2.75, 3.05) is 0 Å². The van der Waals surface area contributed by atoms with Gasteiger partial charge in [-0.3, -0.25) is 0 Å². The molecular formula is C17H19F2NO. The molecule has 0 amide bonds. The molecule has 2 N–H and O–H groups in total. The molecule has 1 unspecified atom stereocenters. The maximum absolute atomic E-state index is 13.9. The maximum Gasteiger partial charge on any atom is 0.165 e. The van der Waals surface area contributed by atoms with Crippen LogP contribution in [0.2, 0.25) is 0 Å². The van der Waals surface area contributed by atoms with Crippen LogP contribution in [0.15, 0.2) is 42.5 Å². The van der Waals surface area contributed by atoms with Crippen molar-refractivity contribution in [2.24, 2.45) is 5.73 Å². The van der Waals surface area contributed by atoms with E-state index in [2.05, 4.69) is 0 Å². The minimum absolute atomic E-state index is 0.0310. The van der Waals surface area contributed by atoms with Crippen molar-refractivity contribution in [3.05, 3.63) is 65.2 Å². The van der Waals surface area contributed by atoms with Gasteiger partial charge in [0.05, 0.1) is 0 Å². The number of ether oxygens (including phenoxy) is 1. The summed E-state index contributed by atoms with van der Waals surface area (Å²) in [5.74, 6) is -0.597. The second kappa shape index (κ2) is 7.18. The van der Waals surface area contributed by atoms with Crippen molar-refractivity contribution in [2.45, 2.75) is 32.4 Å². The predicted molar refractivity (Wildman–Crippen MR) is 79.1 cm³/mol. The molecular weight excluding hydrogens is 272 g/mol. The molecule has 0 saturated carbocycles. The number of hydrogen-bond donors (Lipinski definition) is 1. The van der Waals surface area contributed by atoms with E-state index in [1.165, 1.54) is 18.2 Å². The highest BCUT2D eigenvalue weighted by Crippen LogP contribution is 2.20. The smallest absolute Gasteiger partial charge is 0.165 e. The highest BCUT2D eigenvalue weighted by Gasteiger charge is 2.08. The van der Waals surface area contributed by atoms with Crippen LogP contribution in [-0.2, 0) is 13.0 Å².